The molecule has 0 bridgehead atoms. The minimum Gasteiger partial charge on any atom is -0.432 e. The Morgan fingerprint density at radius 1 is 0.667 bits per heavy atom. The molecule has 0 unspecified atom stereocenters. The average molecular weight is 585 g/mol. The third-order valence-corrected chi connectivity index (χ3v) is 9.57. The van der Waals surface area contributed by atoms with E-state index in [1.807, 2.05) is 30.3 Å². The predicted octanol–water partition coefficient (Wildman–Crippen LogP) is 11.6. The number of hydrogen-bond donors (Lipinski definition) is 0. The fraction of sp³-hybridized carbons (Fsp3) is 0.500. The number of benzene rings is 3. The minimum absolute atomic E-state index is 0.124. The molecule has 0 atom stereocenters. The van der Waals surface area contributed by atoms with E-state index in [1.54, 1.807) is 6.07 Å². The third-order valence-electron chi connectivity index (χ3n) is 9.57. The zero-order valence-corrected chi connectivity index (χ0v) is 24.4. The molecule has 2 fully saturated rings. The standard InChI is InChI=1S/C36H41F5O/c1-2-3-4-5-24-6-8-27(9-7-24)29-16-20-32(34(38)22-29)28-12-10-25(11-13-28)26-14-17-30(18-15-26)36(40,41)42-31-19-21-33(37)35(39)23-31/h10-13,16,19-24,26-27,30H,2-9,14-15,17-18H2,1H3. The van der Waals surface area contributed by atoms with Crippen LogP contribution in [0.4, 0.5) is 22.0 Å². The van der Waals surface area contributed by atoms with Gasteiger partial charge in [-0.3, -0.25) is 0 Å². The summed E-state index contributed by atoms with van der Waals surface area (Å²) in [7, 11) is 0. The maximum atomic E-state index is 15.3. The van der Waals surface area contributed by atoms with Crippen LogP contribution in [0.25, 0.3) is 11.1 Å². The normalized spacial score (nSPS) is 23.1. The van der Waals surface area contributed by atoms with Crippen molar-refractivity contribution in [2.24, 2.45) is 11.8 Å². The van der Waals surface area contributed by atoms with Gasteiger partial charge in [0, 0.05) is 11.6 Å². The number of halogens is 5. The predicted molar refractivity (Wildman–Crippen MR) is 157 cm³/mol. The highest BCUT2D eigenvalue weighted by atomic mass is 19.3. The molecule has 226 valence electrons. The quantitative estimate of drug-likeness (QED) is 0.170. The Morgan fingerprint density at radius 2 is 1.31 bits per heavy atom. The lowest BCUT2D eigenvalue weighted by atomic mass is 9.76. The highest BCUT2D eigenvalue weighted by Gasteiger charge is 2.44. The molecule has 5 rings (SSSR count). The van der Waals surface area contributed by atoms with Crippen LogP contribution in [0.5, 0.6) is 5.75 Å². The molecule has 2 aliphatic carbocycles. The fourth-order valence-electron chi connectivity index (χ4n) is 6.97. The van der Waals surface area contributed by atoms with Crippen LogP contribution < -0.4 is 4.74 Å². The Bertz CT molecular complexity index is 1300. The molecule has 3 aromatic rings. The van der Waals surface area contributed by atoms with E-state index in [9.17, 15) is 17.6 Å². The minimum atomic E-state index is -3.48. The molecular formula is C36H41F5O. The van der Waals surface area contributed by atoms with Crippen molar-refractivity contribution in [1.82, 2.24) is 0 Å². The molecule has 0 N–H and O–H groups in total. The third kappa shape index (κ3) is 7.36. The molecule has 42 heavy (non-hydrogen) atoms. The van der Waals surface area contributed by atoms with E-state index in [0.29, 0.717) is 30.4 Å². The largest absolute Gasteiger partial charge is 0.432 e. The second kappa shape index (κ2) is 13.6. The summed E-state index contributed by atoms with van der Waals surface area (Å²) < 4.78 is 76.2. The Kier molecular flexibility index (Phi) is 9.90. The molecule has 0 aromatic heterocycles. The Morgan fingerprint density at radius 3 is 1.95 bits per heavy atom. The van der Waals surface area contributed by atoms with Crippen LogP contribution in [0.3, 0.4) is 0 Å². The summed E-state index contributed by atoms with van der Waals surface area (Å²) in [5, 5.41) is 0. The van der Waals surface area contributed by atoms with Crippen LogP contribution in [-0.4, -0.2) is 6.11 Å². The molecule has 0 heterocycles. The topological polar surface area (TPSA) is 9.23 Å². The van der Waals surface area contributed by atoms with Crippen LogP contribution >= 0.6 is 0 Å². The van der Waals surface area contributed by atoms with E-state index < -0.39 is 23.7 Å². The molecular weight excluding hydrogens is 543 g/mol. The van der Waals surface area contributed by atoms with E-state index in [0.717, 1.165) is 47.6 Å². The van der Waals surface area contributed by atoms with Crippen LogP contribution in [0.1, 0.15) is 107 Å². The lowest BCUT2D eigenvalue weighted by Gasteiger charge is -2.33. The van der Waals surface area contributed by atoms with E-state index in [4.69, 9.17) is 4.74 Å². The highest BCUT2D eigenvalue weighted by Crippen LogP contribution is 2.44. The molecule has 0 spiro atoms. The van der Waals surface area contributed by atoms with E-state index in [1.165, 1.54) is 38.5 Å². The van der Waals surface area contributed by atoms with Gasteiger partial charge in [-0.05, 0) is 104 Å². The number of rotatable bonds is 10. The molecule has 2 aliphatic rings. The van der Waals surface area contributed by atoms with Crippen molar-refractivity contribution in [2.45, 2.75) is 102 Å². The summed E-state index contributed by atoms with van der Waals surface area (Å²) in [4.78, 5) is 0. The van der Waals surface area contributed by atoms with Crippen molar-refractivity contribution in [3.8, 4) is 16.9 Å². The zero-order chi connectivity index (χ0) is 29.7. The first-order valence-corrected chi connectivity index (χ1v) is 15.6. The van der Waals surface area contributed by atoms with Gasteiger partial charge in [0.25, 0.3) is 0 Å². The Labute approximate surface area is 246 Å². The molecule has 1 nitrogen and oxygen atoms in total. The summed E-state index contributed by atoms with van der Waals surface area (Å²) >= 11 is 0. The zero-order valence-electron chi connectivity index (χ0n) is 24.4. The summed E-state index contributed by atoms with van der Waals surface area (Å²) in [5.74, 6) is -2.55. The van der Waals surface area contributed by atoms with Gasteiger partial charge in [-0.25, -0.2) is 13.2 Å². The number of alkyl halides is 2. The van der Waals surface area contributed by atoms with Gasteiger partial charge in [0.2, 0.25) is 0 Å². The lowest BCUT2D eigenvalue weighted by Crippen LogP contribution is -2.37. The molecule has 0 aliphatic heterocycles. The smallest absolute Gasteiger partial charge is 0.400 e. The van der Waals surface area contributed by atoms with E-state index >= 15 is 4.39 Å². The number of ether oxygens (including phenoxy) is 1. The van der Waals surface area contributed by atoms with Crippen molar-refractivity contribution in [1.29, 1.82) is 0 Å². The first kappa shape index (κ1) is 30.6. The monoisotopic (exact) mass is 584 g/mol. The number of hydrogen-bond acceptors (Lipinski definition) is 1. The molecule has 0 radical (unpaired) electrons. The SMILES string of the molecule is CCCCCC1CCC(c2ccc(-c3ccc(C4CCC(C(F)(F)Oc5ccc(F)c(F)c5)CC4)cc3)c(F)c2)CC1. The first-order valence-electron chi connectivity index (χ1n) is 15.6. The fourth-order valence-corrected chi connectivity index (χ4v) is 6.97. The van der Waals surface area contributed by atoms with Crippen molar-refractivity contribution >= 4 is 0 Å². The maximum absolute atomic E-state index is 15.3. The maximum Gasteiger partial charge on any atom is 0.400 e. The van der Waals surface area contributed by atoms with Gasteiger partial charge in [-0.15, -0.1) is 0 Å². The second-order valence-electron chi connectivity index (χ2n) is 12.4. The lowest BCUT2D eigenvalue weighted by molar-refractivity contribution is -0.222. The molecule has 2 saturated carbocycles. The molecule has 0 amide bonds. The van der Waals surface area contributed by atoms with Gasteiger partial charge in [0.05, 0.1) is 5.92 Å². The van der Waals surface area contributed by atoms with Gasteiger partial charge >= 0.3 is 6.11 Å². The van der Waals surface area contributed by atoms with Crippen molar-refractivity contribution in [3.63, 3.8) is 0 Å². The molecule has 6 heteroatoms. The highest BCUT2D eigenvalue weighted by molar-refractivity contribution is 5.65. The van der Waals surface area contributed by atoms with Gasteiger partial charge in [-0.1, -0.05) is 69.0 Å². The number of unbranched alkanes of at least 4 members (excludes halogenated alkanes) is 2. The second-order valence-corrected chi connectivity index (χ2v) is 12.4. The van der Waals surface area contributed by atoms with Gasteiger partial charge in [-0.2, -0.15) is 8.78 Å². The van der Waals surface area contributed by atoms with Crippen LogP contribution in [-0.2, 0) is 0 Å². The first-order chi connectivity index (χ1) is 20.2. The summed E-state index contributed by atoms with van der Waals surface area (Å²) in [6.07, 6.45) is 8.10. The summed E-state index contributed by atoms with van der Waals surface area (Å²) in [5.41, 5.74) is 3.54. The van der Waals surface area contributed by atoms with Crippen LogP contribution in [0, 0.1) is 29.3 Å². The van der Waals surface area contributed by atoms with Gasteiger partial charge in [0.15, 0.2) is 11.6 Å². The Balaban J connectivity index is 1.15. The average Bonchev–Trinajstić information content (AvgIpc) is 2.99. The molecule has 0 saturated heterocycles. The molecule has 3 aromatic carbocycles. The van der Waals surface area contributed by atoms with E-state index in [-0.39, 0.29) is 30.3 Å². The Hall–Kier alpha value is -2.89. The van der Waals surface area contributed by atoms with Crippen molar-refractivity contribution in [2.75, 3.05) is 0 Å². The summed E-state index contributed by atoms with van der Waals surface area (Å²) in [6, 6.07) is 15.9. The van der Waals surface area contributed by atoms with Crippen LogP contribution in [0.15, 0.2) is 60.7 Å². The van der Waals surface area contributed by atoms with E-state index in [2.05, 4.69) is 13.0 Å². The van der Waals surface area contributed by atoms with Gasteiger partial charge < -0.3 is 4.74 Å². The van der Waals surface area contributed by atoms with Gasteiger partial charge in [0.1, 0.15) is 11.6 Å². The van der Waals surface area contributed by atoms with Crippen molar-refractivity contribution in [3.05, 3.63) is 89.2 Å². The van der Waals surface area contributed by atoms with Crippen molar-refractivity contribution < 1.29 is 26.7 Å². The summed E-state index contributed by atoms with van der Waals surface area (Å²) in [6.45, 7) is 2.24. The van der Waals surface area contributed by atoms with Crippen LogP contribution in [0.2, 0.25) is 0 Å².